The third-order valence-corrected chi connectivity index (χ3v) is 8.70. The number of fused-ring (bicyclic) bond motifs is 1. The lowest BCUT2D eigenvalue weighted by molar-refractivity contribution is -0.213. The summed E-state index contributed by atoms with van der Waals surface area (Å²) in [6.45, 7) is 3.74. The van der Waals surface area contributed by atoms with Crippen LogP contribution in [0.25, 0.3) is 10.8 Å². The summed E-state index contributed by atoms with van der Waals surface area (Å²) in [7, 11) is -3.86. The van der Waals surface area contributed by atoms with E-state index in [4.69, 9.17) is 10.5 Å². The van der Waals surface area contributed by atoms with Gasteiger partial charge in [-0.3, -0.25) is 9.59 Å². The van der Waals surface area contributed by atoms with Crippen LogP contribution in [0.3, 0.4) is 0 Å². The van der Waals surface area contributed by atoms with Crippen molar-refractivity contribution in [2.24, 2.45) is 0 Å². The number of benzene rings is 3. The summed E-state index contributed by atoms with van der Waals surface area (Å²) in [5.41, 5.74) is 3.79. The van der Waals surface area contributed by atoms with Crippen molar-refractivity contribution in [2.75, 3.05) is 22.1 Å². The van der Waals surface area contributed by atoms with Gasteiger partial charge >= 0.3 is 12.1 Å². The molecule has 0 aliphatic heterocycles. The van der Waals surface area contributed by atoms with E-state index in [0.29, 0.717) is 16.3 Å². The average molecular weight is 658 g/mol. The van der Waals surface area contributed by atoms with E-state index in [1.807, 2.05) is 0 Å². The lowest BCUT2D eigenvalue weighted by atomic mass is 9.98. The first-order valence-corrected chi connectivity index (χ1v) is 15.4. The van der Waals surface area contributed by atoms with Gasteiger partial charge in [-0.15, -0.1) is 0 Å². The Morgan fingerprint density at radius 3 is 2.35 bits per heavy atom. The first kappa shape index (κ1) is 33.7. The largest absolute Gasteiger partial charge is 0.491 e. The second-order valence-corrected chi connectivity index (χ2v) is 12.5. The maximum absolute atomic E-state index is 14.2. The SMILES string of the molecule is CCS(=O)(=O)c1ccc(NC(C)=O)cc1CNC(=O)C(Nc1ccc2c(N)nccc2c1)(OC(=O)C(F)(F)F)c1cccc(C)c1. The molecule has 1 atom stereocenters. The number of nitrogens with one attached hydrogen (secondary N) is 3. The lowest BCUT2D eigenvalue weighted by Gasteiger charge is -2.34. The molecule has 0 aliphatic rings. The molecule has 4 aromatic rings. The van der Waals surface area contributed by atoms with Gasteiger partial charge in [-0.1, -0.05) is 30.7 Å². The molecule has 0 saturated heterocycles. The predicted molar refractivity (Wildman–Crippen MR) is 165 cm³/mol. The fraction of sp³-hybridized carbons (Fsp3) is 0.226. The Bertz CT molecular complexity index is 1930. The van der Waals surface area contributed by atoms with E-state index < -0.39 is 46.1 Å². The molecular formula is C31H30F3N5O6S. The van der Waals surface area contributed by atoms with E-state index in [2.05, 4.69) is 20.9 Å². The average Bonchev–Trinajstić information content (AvgIpc) is 2.98. The molecule has 5 N–H and O–H groups in total. The summed E-state index contributed by atoms with van der Waals surface area (Å²) in [5.74, 6) is -4.47. The first-order chi connectivity index (χ1) is 21.6. The first-order valence-electron chi connectivity index (χ1n) is 13.8. The number of nitrogen functional groups attached to an aromatic ring is 1. The second kappa shape index (κ2) is 13.0. The number of aromatic nitrogens is 1. The number of pyridine rings is 1. The maximum atomic E-state index is 14.2. The smallest absolute Gasteiger partial charge is 0.418 e. The highest BCUT2D eigenvalue weighted by Crippen LogP contribution is 2.34. The molecule has 1 aromatic heterocycles. The minimum atomic E-state index is -5.49. The van der Waals surface area contributed by atoms with Gasteiger partial charge in [-0.05, 0) is 66.4 Å². The van der Waals surface area contributed by atoms with Gasteiger partial charge in [0, 0.05) is 42.0 Å². The summed E-state index contributed by atoms with van der Waals surface area (Å²) in [6, 6.07) is 15.7. The van der Waals surface area contributed by atoms with Crippen LogP contribution in [-0.2, 0) is 41.2 Å². The van der Waals surface area contributed by atoms with Gasteiger partial charge in [0.1, 0.15) is 5.82 Å². The van der Waals surface area contributed by atoms with Crippen LogP contribution in [0.15, 0.2) is 77.8 Å². The molecule has 242 valence electrons. The molecule has 1 heterocycles. The minimum absolute atomic E-state index is 0.0235. The molecule has 0 bridgehead atoms. The van der Waals surface area contributed by atoms with E-state index >= 15 is 0 Å². The number of carbonyl (C=O) groups excluding carboxylic acids is 3. The van der Waals surface area contributed by atoms with Crippen LogP contribution in [0.1, 0.15) is 30.5 Å². The van der Waals surface area contributed by atoms with Gasteiger partial charge in [-0.2, -0.15) is 13.2 Å². The molecule has 0 aliphatic carbocycles. The van der Waals surface area contributed by atoms with Crippen LogP contribution in [0.4, 0.5) is 30.4 Å². The number of aryl methyl sites for hydroxylation is 1. The van der Waals surface area contributed by atoms with Crippen molar-refractivity contribution in [1.82, 2.24) is 10.3 Å². The Morgan fingerprint density at radius 1 is 0.978 bits per heavy atom. The minimum Gasteiger partial charge on any atom is -0.418 e. The maximum Gasteiger partial charge on any atom is 0.491 e. The fourth-order valence-corrected chi connectivity index (χ4v) is 5.81. The molecule has 0 radical (unpaired) electrons. The van der Waals surface area contributed by atoms with Crippen LogP contribution in [0.2, 0.25) is 0 Å². The number of ether oxygens (including phenoxy) is 1. The predicted octanol–water partition coefficient (Wildman–Crippen LogP) is 4.56. The zero-order chi connectivity index (χ0) is 33.9. The molecule has 0 fully saturated rings. The number of amides is 2. The number of halogens is 3. The molecule has 15 heteroatoms. The van der Waals surface area contributed by atoms with Crippen LogP contribution in [0.5, 0.6) is 0 Å². The normalized spacial score (nSPS) is 13.0. The molecular weight excluding hydrogens is 627 g/mol. The molecule has 2 amide bonds. The highest BCUT2D eigenvalue weighted by Gasteiger charge is 2.51. The van der Waals surface area contributed by atoms with Crippen molar-refractivity contribution >= 4 is 55.6 Å². The van der Waals surface area contributed by atoms with Crippen LogP contribution >= 0.6 is 0 Å². The summed E-state index contributed by atoms with van der Waals surface area (Å²) in [5, 5.41) is 8.69. The molecule has 46 heavy (non-hydrogen) atoms. The van der Waals surface area contributed by atoms with Gasteiger partial charge in [0.05, 0.1) is 10.6 Å². The van der Waals surface area contributed by atoms with Gasteiger partial charge in [-0.25, -0.2) is 18.2 Å². The van der Waals surface area contributed by atoms with Crippen molar-refractivity contribution in [2.45, 2.75) is 44.1 Å². The van der Waals surface area contributed by atoms with Crippen LogP contribution in [-0.4, -0.2) is 43.1 Å². The number of hydrogen-bond acceptors (Lipinski definition) is 9. The van der Waals surface area contributed by atoms with E-state index in [1.165, 1.54) is 74.6 Å². The number of esters is 1. The quantitative estimate of drug-likeness (QED) is 0.141. The summed E-state index contributed by atoms with van der Waals surface area (Å²) in [6.07, 6.45) is -4.07. The number of sulfone groups is 1. The molecule has 0 spiro atoms. The van der Waals surface area contributed by atoms with Gasteiger partial charge < -0.3 is 26.4 Å². The monoisotopic (exact) mass is 657 g/mol. The third-order valence-electron chi connectivity index (χ3n) is 6.87. The number of nitrogens with two attached hydrogens (primary N) is 1. The molecule has 0 saturated carbocycles. The Labute approximate surface area is 262 Å². The summed E-state index contributed by atoms with van der Waals surface area (Å²) < 4.78 is 71.8. The van der Waals surface area contributed by atoms with Gasteiger partial charge in [0.25, 0.3) is 11.6 Å². The number of alkyl halides is 3. The van der Waals surface area contributed by atoms with Crippen molar-refractivity contribution in [3.63, 3.8) is 0 Å². The van der Waals surface area contributed by atoms with E-state index in [1.54, 1.807) is 19.1 Å². The fourth-order valence-electron chi connectivity index (χ4n) is 4.69. The van der Waals surface area contributed by atoms with Crippen molar-refractivity contribution in [3.05, 3.63) is 89.6 Å². The highest BCUT2D eigenvalue weighted by atomic mass is 32.2. The summed E-state index contributed by atoms with van der Waals surface area (Å²) >= 11 is 0. The zero-order valence-corrected chi connectivity index (χ0v) is 25.7. The van der Waals surface area contributed by atoms with Gasteiger partial charge in [0.2, 0.25) is 5.91 Å². The van der Waals surface area contributed by atoms with E-state index in [-0.39, 0.29) is 39.0 Å². The topological polar surface area (TPSA) is 170 Å². The standard InChI is InChI=1S/C31H30F3N5O6S/c1-4-46(43,44)26-11-9-23(38-19(3)40)16-21(26)17-37-28(41)30(45-29(42)31(32,33)34,22-7-5-6-18(2)14-22)39-24-8-10-25-20(15-24)12-13-36-27(25)35/h5-16,39H,4,17H2,1-3H3,(H2,35,36)(H,37,41)(H,38,40). The van der Waals surface area contributed by atoms with Crippen molar-refractivity contribution < 1.29 is 40.7 Å². The molecule has 3 aromatic carbocycles. The summed E-state index contributed by atoms with van der Waals surface area (Å²) in [4.78, 5) is 42.1. The highest BCUT2D eigenvalue weighted by molar-refractivity contribution is 7.91. The van der Waals surface area contributed by atoms with Crippen LogP contribution in [0, 0.1) is 6.92 Å². The Kier molecular flexibility index (Phi) is 9.56. The number of nitrogens with zero attached hydrogens (tertiary/aromatic N) is 1. The molecule has 11 nitrogen and oxygen atoms in total. The lowest BCUT2D eigenvalue weighted by Crippen LogP contribution is -2.54. The second-order valence-electron chi connectivity index (χ2n) is 10.3. The van der Waals surface area contributed by atoms with E-state index in [0.717, 1.165) is 0 Å². The third kappa shape index (κ3) is 7.37. The zero-order valence-electron chi connectivity index (χ0n) is 24.9. The number of rotatable bonds is 10. The van der Waals surface area contributed by atoms with Crippen LogP contribution < -0.4 is 21.7 Å². The number of hydrogen-bond donors (Lipinski definition) is 4. The molecule has 1 unspecified atom stereocenters. The molecule has 4 rings (SSSR count). The Hall–Kier alpha value is -5.18. The van der Waals surface area contributed by atoms with E-state index in [9.17, 15) is 36.0 Å². The van der Waals surface area contributed by atoms with Crippen molar-refractivity contribution in [1.29, 1.82) is 0 Å². The number of carbonyl (C=O) groups is 3. The Morgan fingerprint density at radius 2 is 1.70 bits per heavy atom. The number of anilines is 3. The van der Waals surface area contributed by atoms with Gasteiger partial charge in [0.15, 0.2) is 9.84 Å². The van der Waals surface area contributed by atoms with Crippen molar-refractivity contribution in [3.8, 4) is 0 Å². The Balaban J connectivity index is 1.86.